The summed E-state index contributed by atoms with van der Waals surface area (Å²) in [6.07, 6.45) is 4.07. The van der Waals surface area contributed by atoms with Gasteiger partial charge >= 0.3 is 5.69 Å². The Morgan fingerprint density at radius 3 is 2.54 bits per heavy atom. The van der Waals surface area contributed by atoms with Gasteiger partial charge in [0.05, 0.1) is 16.8 Å². The van der Waals surface area contributed by atoms with Gasteiger partial charge in [-0.25, -0.2) is 14.0 Å². The molecule has 0 aliphatic heterocycles. The van der Waals surface area contributed by atoms with Gasteiger partial charge in [0.15, 0.2) is 5.82 Å². The quantitative estimate of drug-likeness (QED) is 0.657. The molecule has 0 unspecified atom stereocenters. The number of nitrogens with zero attached hydrogens (tertiary/aromatic N) is 4. The fourth-order valence-electron chi connectivity index (χ4n) is 2.67. The maximum atomic E-state index is 12.9. The number of pyridine rings is 1. The zero-order valence-electron chi connectivity index (χ0n) is 15.0. The molecule has 136 valence electrons. The van der Waals surface area contributed by atoms with E-state index < -0.39 is 0 Å². The zero-order chi connectivity index (χ0) is 18.7. The Labute approximate surface area is 157 Å². The van der Waals surface area contributed by atoms with Gasteiger partial charge < -0.3 is 4.74 Å². The highest BCUT2D eigenvalue weighted by Gasteiger charge is 2.18. The fourth-order valence-corrected chi connectivity index (χ4v) is 2.88. The molecule has 0 spiro atoms. The summed E-state index contributed by atoms with van der Waals surface area (Å²) in [6.45, 7) is 6.48. The third-order valence-electron chi connectivity index (χ3n) is 3.75. The van der Waals surface area contributed by atoms with Crippen molar-refractivity contribution in [3.63, 3.8) is 0 Å². The largest absolute Gasteiger partial charge is 0.491 e. The molecular weight excluding hydrogens is 352 g/mol. The smallest absolute Gasteiger partial charge is 0.350 e. The highest BCUT2D eigenvalue weighted by molar-refractivity contribution is 6.33. The molecule has 0 saturated carbocycles. The molecule has 0 fully saturated rings. The molecule has 1 aromatic carbocycles. The second-order valence-electron chi connectivity index (χ2n) is 6.18. The van der Waals surface area contributed by atoms with Gasteiger partial charge in [0.25, 0.3) is 0 Å². The first-order chi connectivity index (χ1) is 12.5. The summed E-state index contributed by atoms with van der Waals surface area (Å²) in [5.41, 5.74) is 1.17. The van der Waals surface area contributed by atoms with Crippen LogP contribution in [0.4, 0.5) is 0 Å². The van der Waals surface area contributed by atoms with E-state index in [4.69, 9.17) is 16.3 Å². The third-order valence-corrected chi connectivity index (χ3v) is 4.06. The molecule has 2 heterocycles. The van der Waals surface area contributed by atoms with Gasteiger partial charge in [-0.3, -0.25) is 4.98 Å². The maximum Gasteiger partial charge on any atom is 0.350 e. The van der Waals surface area contributed by atoms with E-state index in [1.165, 1.54) is 4.68 Å². The molecule has 0 saturated heterocycles. The van der Waals surface area contributed by atoms with Crippen molar-refractivity contribution in [3.8, 4) is 22.8 Å². The summed E-state index contributed by atoms with van der Waals surface area (Å²) in [5.74, 6) is 1.25. The Bertz CT molecular complexity index is 945. The molecule has 3 rings (SSSR count). The molecule has 3 aromatic rings. The van der Waals surface area contributed by atoms with Crippen LogP contribution in [0.5, 0.6) is 5.75 Å². The van der Waals surface area contributed by atoms with Crippen molar-refractivity contribution in [3.05, 3.63) is 58.2 Å². The topological polar surface area (TPSA) is 61.9 Å². The van der Waals surface area contributed by atoms with Gasteiger partial charge in [-0.1, -0.05) is 18.5 Å². The average molecular weight is 373 g/mol. The van der Waals surface area contributed by atoms with Crippen LogP contribution in [-0.4, -0.2) is 25.4 Å². The van der Waals surface area contributed by atoms with Crippen LogP contribution in [0, 0.1) is 0 Å². The Morgan fingerprint density at radius 2 is 1.92 bits per heavy atom. The predicted octanol–water partition coefficient (Wildman–Crippen LogP) is 3.95. The minimum absolute atomic E-state index is 0.0852. The molecule has 0 N–H and O–H groups in total. The maximum absolute atomic E-state index is 12.9. The van der Waals surface area contributed by atoms with Crippen molar-refractivity contribution in [1.29, 1.82) is 0 Å². The first kappa shape index (κ1) is 18.2. The first-order valence-electron chi connectivity index (χ1n) is 8.58. The second kappa shape index (κ2) is 7.74. The van der Waals surface area contributed by atoms with Crippen molar-refractivity contribution in [2.24, 2.45) is 0 Å². The van der Waals surface area contributed by atoms with E-state index in [1.807, 2.05) is 45.0 Å². The highest BCUT2D eigenvalue weighted by atomic mass is 35.5. The first-order valence-corrected chi connectivity index (χ1v) is 8.96. The Hall–Kier alpha value is -2.60. The second-order valence-corrected chi connectivity index (χ2v) is 6.59. The van der Waals surface area contributed by atoms with Gasteiger partial charge in [0.2, 0.25) is 0 Å². The summed E-state index contributed by atoms with van der Waals surface area (Å²) < 4.78 is 8.70. The monoisotopic (exact) mass is 372 g/mol. The molecule has 26 heavy (non-hydrogen) atoms. The van der Waals surface area contributed by atoms with Crippen molar-refractivity contribution in [1.82, 2.24) is 19.3 Å². The lowest BCUT2D eigenvalue weighted by atomic mass is 10.2. The molecule has 0 bridgehead atoms. The van der Waals surface area contributed by atoms with E-state index >= 15 is 0 Å². The van der Waals surface area contributed by atoms with Crippen LogP contribution in [0.25, 0.3) is 17.1 Å². The van der Waals surface area contributed by atoms with Crippen LogP contribution >= 0.6 is 11.6 Å². The molecule has 7 heteroatoms. The number of benzene rings is 1. The van der Waals surface area contributed by atoms with Crippen LogP contribution in [-0.2, 0) is 6.54 Å². The third kappa shape index (κ3) is 3.65. The predicted molar refractivity (Wildman–Crippen MR) is 102 cm³/mol. The normalized spacial score (nSPS) is 11.1. The number of halogens is 1. The van der Waals surface area contributed by atoms with Crippen LogP contribution in [0.2, 0.25) is 5.02 Å². The Kier molecular flexibility index (Phi) is 5.42. The minimum atomic E-state index is -0.202. The van der Waals surface area contributed by atoms with E-state index in [-0.39, 0.29) is 11.8 Å². The van der Waals surface area contributed by atoms with E-state index in [2.05, 4.69) is 10.1 Å². The summed E-state index contributed by atoms with van der Waals surface area (Å²) in [6, 6.07) is 9.13. The lowest BCUT2D eigenvalue weighted by Crippen LogP contribution is -2.24. The Balaban J connectivity index is 2.13. The SMILES string of the molecule is CCCn1nc(-c2ccncc2Cl)n(-c2ccc(OC(C)C)cc2)c1=O. The van der Waals surface area contributed by atoms with Crippen molar-refractivity contribution < 1.29 is 4.74 Å². The van der Waals surface area contributed by atoms with Crippen LogP contribution in [0.3, 0.4) is 0 Å². The zero-order valence-corrected chi connectivity index (χ0v) is 15.8. The number of rotatable bonds is 6. The lowest BCUT2D eigenvalue weighted by molar-refractivity contribution is 0.242. The highest BCUT2D eigenvalue weighted by Crippen LogP contribution is 2.27. The molecular formula is C19H21ClN4O2. The van der Waals surface area contributed by atoms with Gasteiger partial charge in [-0.15, -0.1) is 5.10 Å². The van der Waals surface area contributed by atoms with E-state index in [1.54, 1.807) is 23.0 Å². The molecule has 2 aromatic heterocycles. The number of hydrogen-bond acceptors (Lipinski definition) is 4. The van der Waals surface area contributed by atoms with Crippen molar-refractivity contribution >= 4 is 11.6 Å². The van der Waals surface area contributed by atoms with Crippen molar-refractivity contribution in [2.75, 3.05) is 0 Å². The average Bonchev–Trinajstić information content (AvgIpc) is 2.92. The summed E-state index contributed by atoms with van der Waals surface area (Å²) >= 11 is 6.29. The van der Waals surface area contributed by atoms with Gasteiger partial charge in [-0.05, 0) is 50.6 Å². The van der Waals surface area contributed by atoms with Gasteiger partial charge in [0.1, 0.15) is 5.75 Å². The summed E-state index contributed by atoms with van der Waals surface area (Å²) in [5, 5.41) is 4.95. The van der Waals surface area contributed by atoms with E-state index in [0.717, 1.165) is 12.2 Å². The molecule has 0 aliphatic rings. The number of ether oxygens (including phenoxy) is 1. The number of hydrogen-bond donors (Lipinski definition) is 0. The summed E-state index contributed by atoms with van der Waals surface area (Å²) in [7, 11) is 0. The molecule has 0 amide bonds. The molecule has 0 radical (unpaired) electrons. The molecule has 0 atom stereocenters. The van der Waals surface area contributed by atoms with Crippen LogP contribution in [0.15, 0.2) is 47.5 Å². The lowest BCUT2D eigenvalue weighted by Gasteiger charge is -2.11. The van der Waals surface area contributed by atoms with Crippen molar-refractivity contribution in [2.45, 2.75) is 39.8 Å². The number of aromatic nitrogens is 4. The molecule has 0 aliphatic carbocycles. The standard InChI is InChI=1S/C19H21ClN4O2/c1-4-11-23-19(25)24(14-5-7-15(8-6-14)26-13(2)3)18(22-23)16-9-10-21-12-17(16)20/h5-10,12-13H,4,11H2,1-3H3. The van der Waals surface area contributed by atoms with Crippen LogP contribution in [0.1, 0.15) is 27.2 Å². The number of aryl methyl sites for hydroxylation is 1. The minimum Gasteiger partial charge on any atom is -0.491 e. The van der Waals surface area contributed by atoms with Gasteiger partial charge in [0, 0.05) is 24.5 Å². The van der Waals surface area contributed by atoms with E-state index in [0.29, 0.717) is 28.6 Å². The van der Waals surface area contributed by atoms with E-state index in [9.17, 15) is 4.79 Å². The summed E-state index contributed by atoms with van der Waals surface area (Å²) in [4.78, 5) is 16.9. The Morgan fingerprint density at radius 1 is 1.19 bits per heavy atom. The fraction of sp³-hybridized carbons (Fsp3) is 0.316. The molecule has 6 nitrogen and oxygen atoms in total. The van der Waals surface area contributed by atoms with Gasteiger partial charge in [-0.2, -0.15) is 0 Å². The van der Waals surface area contributed by atoms with Crippen LogP contribution < -0.4 is 10.4 Å².